The van der Waals surface area contributed by atoms with Crippen LogP contribution in [0.1, 0.15) is 44.2 Å². The van der Waals surface area contributed by atoms with Crippen LogP contribution in [0.5, 0.6) is 5.88 Å². The largest absolute Gasteiger partial charge is 0.512 e. The molecular formula is C28H25Cl2F2N5O4. The number of aromatic nitrogens is 2. The Balaban J connectivity index is 1.89. The van der Waals surface area contributed by atoms with E-state index in [0.29, 0.717) is 6.42 Å². The molecule has 0 radical (unpaired) electrons. The molecule has 1 amide bonds. The highest BCUT2D eigenvalue weighted by Crippen LogP contribution is 2.52. The van der Waals surface area contributed by atoms with Gasteiger partial charge in [-0.15, -0.1) is 0 Å². The number of anilines is 1. The molecule has 1 fully saturated rings. The number of carbonyl (C=O) groups is 2. The number of nitriles is 1. The van der Waals surface area contributed by atoms with Crippen molar-refractivity contribution in [1.82, 2.24) is 15.3 Å². The van der Waals surface area contributed by atoms with E-state index in [4.69, 9.17) is 28.3 Å². The van der Waals surface area contributed by atoms with Gasteiger partial charge in [0.1, 0.15) is 17.0 Å². The molecule has 1 aliphatic rings. The fourth-order valence-corrected chi connectivity index (χ4v) is 5.62. The standard InChI is InChI=1S/C28H25Cl2F2N5O4/c1-27(2,3)10-19-28(13-33,16-8-7-14(29)9-18(16)31)22(15-5-4-6-17(30)23(15)32)24(36-19)25(38)37-20-11-35-21(12-34-20)41-26(39)40/h4-9,11-12,19,22,24,36H,10H2,1-3H3,(H,39,40)(H,34,37,38)/t19-,22-,24+,28-/m0/s1. The molecule has 0 spiro atoms. The summed E-state index contributed by atoms with van der Waals surface area (Å²) in [4.78, 5) is 32.3. The topological polar surface area (TPSA) is 137 Å². The molecule has 0 aliphatic carbocycles. The van der Waals surface area contributed by atoms with Gasteiger partial charge in [-0.1, -0.05) is 62.2 Å². The van der Waals surface area contributed by atoms with Gasteiger partial charge in [-0.3, -0.25) is 4.79 Å². The van der Waals surface area contributed by atoms with E-state index in [-0.39, 0.29) is 32.9 Å². The summed E-state index contributed by atoms with van der Waals surface area (Å²) in [6.07, 6.45) is 0.769. The quantitative estimate of drug-likeness (QED) is 0.288. The van der Waals surface area contributed by atoms with Crippen molar-refractivity contribution in [3.8, 4) is 11.9 Å². The summed E-state index contributed by atoms with van der Waals surface area (Å²) in [5.74, 6) is -4.01. The first-order valence-corrected chi connectivity index (χ1v) is 13.1. The second kappa shape index (κ2) is 11.6. The molecule has 3 aromatic rings. The normalized spacial score (nSPS) is 22.1. The van der Waals surface area contributed by atoms with Gasteiger partial charge < -0.3 is 20.5 Å². The highest BCUT2D eigenvalue weighted by molar-refractivity contribution is 6.31. The monoisotopic (exact) mass is 603 g/mol. The lowest BCUT2D eigenvalue weighted by molar-refractivity contribution is -0.118. The molecular weight excluding hydrogens is 579 g/mol. The number of nitrogens with zero attached hydrogens (tertiary/aromatic N) is 3. The van der Waals surface area contributed by atoms with Crippen LogP contribution in [-0.2, 0) is 10.2 Å². The number of nitrogens with one attached hydrogen (secondary N) is 2. The van der Waals surface area contributed by atoms with Crippen LogP contribution in [-0.4, -0.2) is 39.2 Å². The molecule has 0 bridgehead atoms. The zero-order valence-electron chi connectivity index (χ0n) is 22.1. The number of hydrogen-bond donors (Lipinski definition) is 3. The molecule has 4 atom stereocenters. The van der Waals surface area contributed by atoms with Gasteiger partial charge in [0.2, 0.25) is 11.8 Å². The van der Waals surface area contributed by atoms with E-state index in [1.54, 1.807) is 0 Å². The highest BCUT2D eigenvalue weighted by Gasteiger charge is 2.61. The summed E-state index contributed by atoms with van der Waals surface area (Å²) < 4.78 is 35.8. The lowest BCUT2D eigenvalue weighted by Crippen LogP contribution is -2.45. The molecule has 2 heterocycles. The Hall–Kier alpha value is -3.85. The maximum absolute atomic E-state index is 15.7. The van der Waals surface area contributed by atoms with E-state index in [1.807, 2.05) is 20.8 Å². The first kappa shape index (κ1) is 30.1. The van der Waals surface area contributed by atoms with E-state index in [1.165, 1.54) is 30.3 Å². The lowest BCUT2D eigenvalue weighted by Gasteiger charge is -2.37. The van der Waals surface area contributed by atoms with E-state index >= 15 is 8.78 Å². The second-order valence-electron chi connectivity index (χ2n) is 10.8. The number of hydrogen-bond acceptors (Lipinski definition) is 7. The molecule has 3 N–H and O–H groups in total. The van der Waals surface area contributed by atoms with Crippen LogP contribution in [0, 0.1) is 28.4 Å². The van der Waals surface area contributed by atoms with Crippen molar-refractivity contribution < 1.29 is 28.2 Å². The number of amides is 1. The minimum absolute atomic E-state index is 0.0548. The van der Waals surface area contributed by atoms with Crippen molar-refractivity contribution in [2.75, 3.05) is 5.32 Å². The molecule has 41 heavy (non-hydrogen) atoms. The van der Waals surface area contributed by atoms with Crippen molar-refractivity contribution >= 4 is 41.1 Å². The maximum Gasteiger partial charge on any atom is 0.512 e. The maximum atomic E-state index is 15.7. The molecule has 214 valence electrons. The van der Waals surface area contributed by atoms with Gasteiger partial charge >= 0.3 is 6.16 Å². The van der Waals surface area contributed by atoms with Gasteiger partial charge in [-0.05, 0) is 35.6 Å². The van der Waals surface area contributed by atoms with Crippen LogP contribution in [0.4, 0.5) is 19.4 Å². The van der Waals surface area contributed by atoms with Crippen molar-refractivity contribution in [2.24, 2.45) is 5.41 Å². The SMILES string of the molecule is CC(C)(C)C[C@@H]1N[C@@H](C(=O)Nc2cnc(OC(=O)O)cn2)[C@H](c2cccc(Cl)c2F)[C@@]1(C#N)c1ccc(Cl)cc1F. The molecule has 13 heteroatoms. The Bertz CT molecular complexity index is 1530. The number of carboxylic acid groups (broad SMARTS) is 1. The zero-order chi connectivity index (χ0) is 30.1. The average molecular weight is 604 g/mol. The zero-order valence-corrected chi connectivity index (χ0v) is 23.6. The van der Waals surface area contributed by atoms with Crippen LogP contribution in [0.2, 0.25) is 10.0 Å². The third kappa shape index (κ3) is 6.10. The van der Waals surface area contributed by atoms with Gasteiger partial charge in [0.25, 0.3) is 0 Å². The minimum Gasteiger partial charge on any atom is -0.449 e. The average Bonchev–Trinajstić information content (AvgIpc) is 3.19. The highest BCUT2D eigenvalue weighted by atomic mass is 35.5. The van der Waals surface area contributed by atoms with Gasteiger partial charge in [-0.25, -0.2) is 23.5 Å². The van der Waals surface area contributed by atoms with Crippen LogP contribution >= 0.6 is 23.2 Å². The summed E-state index contributed by atoms with van der Waals surface area (Å²) in [5.41, 5.74) is -2.31. The van der Waals surface area contributed by atoms with Gasteiger partial charge in [0, 0.05) is 22.5 Å². The number of carbonyl (C=O) groups excluding carboxylic acids is 1. The molecule has 1 aliphatic heterocycles. The Morgan fingerprint density at radius 2 is 1.93 bits per heavy atom. The summed E-state index contributed by atoms with van der Waals surface area (Å²) >= 11 is 12.2. The fraction of sp³-hybridized carbons (Fsp3) is 0.321. The van der Waals surface area contributed by atoms with Crippen LogP contribution in [0.3, 0.4) is 0 Å². The van der Waals surface area contributed by atoms with Crippen molar-refractivity contribution in [1.29, 1.82) is 5.26 Å². The first-order chi connectivity index (χ1) is 19.3. The Kier molecular flexibility index (Phi) is 8.49. The molecule has 0 unspecified atom stereocenters. The predicted molar refractivity (Wildman–Crippen MR) is 147 cm³/mol. The lowest BCUT2D eigenvalue weighted by atomic mass is 9.62. The van der Waals surface area contributed by atoms with Crippen LogP contribution < -0.4 is 15.4 Å². The van der Waals surface area contributed by atoms with Gasteiger partial charge in [-0.2, -0.15) is 5.26 Å². The van der Waals surface area contributed by atoms with Crippen molar-refractivity contribution in [3.05, 3.63) is 81.6 Å². The van der Waals surface area contributed by atoms with Crippen LogP contribution in [0.15, 0.2) is 48.8 Å². The number of halogens is 4. The molecule has 2 aromatic carbocycles. The first-order valence-electron chi connectivity index (χ1n) is 12.4. The molecule has 9 nitrogen and oxygen atoms in total. The molecule has 0 saturated carbocycles. The van der Waals surface area contributed by atoms with Crippen LogP contribution in [0.25, 0.3) is 0 Å². The fourth-order valence-electron chi connectivity index (χ4n) is 5.28. The summed E-state index contributed by atoms with van der Waals surface area (Å²) in [6.45, 7) is 5.77. The Morgan fingerprint density at radius 1 is 1.20 bits per heavy atom. The third-order valence-corrected chi connectivity index (χ3v) is 7.33. The van der Waals surface area contributed by atoms with Crippen molar-refractivity contribution in [3.63, 3.8) is 0 Å². The van der Waals surface area contributed by atoms with Gasteiger partial charge in [0.15, 0.2) is 5.82 Å². The second-order valence-corrected chi connectivity index (χ2v) is 11.6. The van der Waals surface area contributed by atoms with E-state index < -0.39 is 52.5 Å². The Labute approximate surface area is 244 Å². The van der Waals surface area contributed by atoms with E-state index in [0.717, 1.165) is 18.5 Å². The van der Waals surface area contributed by atoms with Crippen molar-refractivity contribution in [2.45, 2.75) is 50.6 Å². The smallest absolute Gasteiger partial charge is 0.449 e. The van der Waals surface area contributed by atoms with E-state index in [9.17, 15) is 14.9 Å². The number of rotatable bonds is 6. The molecule has 1 aromatic heterocycles. The minimum atomic E-state index is -1.79. The third-order valence-electron chi connectivity index (χ3n) is 6.80. The Morgan fingerprint density at radius 3 is 2.51 bits per heavy atom. The summed E-state index contributed by atoms with van der Waals surface area (Å²) in [5, 5.41) is 25.2. The summed E-state index contributed by atoms with van der Waals surface area (Å²) in [7, 11) is 0. The number of ether oxygens (including phenoxy) is 1. The van der Waals surface area contributed by atoms with E-state index in [2.05, 4.69) is 31.4 Å². The predicted octanol–water partition coefficient (Wildman–Crippen LogP) is 6.08. The number of benzene rings is 2. The summed E-state index contributed by atoms with van der Waals surface area (Å²) in [6, 6.07) is 8.25. The molecule has 1 saturated heterocycles. The molecule has 4 rings (SSSR count). The van der Waals surface area contributed by atoms with Gasteiger partial charge in [0.05, 0.1) is 29.5 Å².